The molecular weight excluding hydrogens is 511 g/mol. The average molecular weight is 544 g/mol. The summed E-state index contributed by atoms with van der Waals surface area (Å²) < 4.78 is 0.885. The van der Waals surface area contributed by atoms with E-state index >= 15 is 0 Å². The first-order valence-corrected chi connectivity index (χ1v) is 12.9. The third-order valence-electron chi connectivity index (χ3n) is 6.79. The number of hydrogen-bond acceptors (Lipinski definition) is 6. The molecule has 2 aliphatic heterocycles. The second-order valence-corrected chi connectivity index (χ2v) is 10.7. The van der Waals surface area contributed by atoms with Gasteiger partial charge in [0.15, 0.2) is 0 Å². The molecule has 0 unspecified atom stereocenters. The highest BCUT2D eigenvalue weighted by atomic mass is 35.5. The molecule has 1 atom stereocenters. The lowest BCUT2D eigenvalue weighted by Crippen LogP contribution is -2.57. The number of piperazine rings is 1. The molecule has 2 amide bonds. The van der Waals surface area contributed by atoms with Crippen LogP contribution in [0.25, 0.3) is 10.1 Å². The summed E-state index contributed by atoms with van der Waals surface area (Å²) in [5, 5.41) is 13.5. The van der Waals surface area contributed by atoms with Gasteiger partial charge < -0.3 is 20.2 Å². The molecule has 1 aromatic heterocycles. The van der Waals surface area contributed by atoms with Crippen LogP contribution in [-0.4, -0.2) is 96.0 Å². The van der Waals surface area contributed by atoms with E-state index in [2.05, 4.69) is 22.2 Å². The summed E-state index contributed by atoms with van der Waals surface area (Å²) in [6.07, 6.45) is 2.16. The number of carbonyl (C=O) groups excluding carboxylic acids is 2. The molecule has 11 heteroatoms. The number of carboxylic acid groups (broad SMARTS) is 1. The maximum atomic E-state index is 13.3. The Morgan fingerprint density at radius 2 is 1.80 bits per heavy atom. The van der Waals surface area contributed by atoms with Crippen molar-refractivity contribution >= 4 is 63.2 Å². The normalized spacial score (nSPS) is 18.7. The Labute approximate surface area is 220 Å². The minimum Gasteiger partial charge on any atom is -0.481 e. The fourth-order valence-electron chi connectivity index (χ4n) is 4.76. The summed E-state index contributed by atoms with van der Waals surface area (Å²) in [6, 6.07) is 6.87. The first-order chi connectivity index (χ1) is 16.3. The van der Waals surface area contributed by atoms with Gasteiger partial charge in [0.1, 0.15) is 6.04 Å². The fourth-order valence-corrected chi connectivity index (χ4v) is 6.00. The van der Waals surface area contributed by atoms with Crippen LogP contribution < -0.4 is 5.32 Å². The summed E-state index contributed by atoms with van der Waals surface area (Å²) in [5.74, 6) is -1.57. The molecule has 0 bridgehead atoms. The number of amides is 2. The quantitative estimate of drug-likeness (QED) is 0.558. The van der Waals surface area contributed by atoms with Crippen molar-refractivity contribution in [2.45, 2.75) is 37.8 Å². The van der Waals surface area contributed by atoms with Crippen molar-refractivity contribution in [1.29, 1.82) is 0 Å². The largest absolute Gasteiger partial charge is 0.481 e. The molecule has 2 aliphatic rings. The van der Waals surface area contributed by atoms with Gasteiger partial charge in [-0.3, -0.25) is 19.3 Å². The molecule has 0 saturated carbocycles. The maximum Gasteiger partial charge on any atom is 0.303 e. The predicted molar refractivity (Wildman–Crippen MR) is 141 cm³/mol. The second-order valence-electron chi connectivity index (χ2n) is 9.15. The topological polar surface area (TPSA) is 93.2 Å². The molecule has 1 aromatic carbocycles. The average Bonchev–Trinajstić information content (AvgIpc) is 3.25. The number of benzene rings is 1. The molecule has 2 N–H and O–H groups in total. The van der Waals surface area contributed by atoms with Crippen molar-refractivity contribution in [2.75, 3.05) is 46.3 Å². The number of likely N-dealkylation sites (tertiary alicyclic amines) is 1. The number of halogens is 2. The van der Waals surface area contributed by atoms with Crippen molar-refractivity contribution in [3.63, 3.8) is 0 Å². The highest BCUT2D eigenvalue weighted by molar-refractivity contribution is 7.20. The van der Waals surface area contributed by atoms with Crippen LogP contribution in [0.2, 0.25) is 5.02 Å². The monoisotopic (exact) mass is 542 g/mol. The summed E-state index contributed by atoms with van der Waals surface area (Å²) >= 11 is 7.35. The number of nitrogens with one attached hydrogen (secondary N) is 1. The van der Waals surface area contributed by atoms with Crippen LogP contribution in [0, 0.1) is 0 Å². The molecule has 0 radical (unpaired) electrons. The van der Waals surface area contributed by atoms with Crippen molar-refractivity contribution in [2.24, 2.45) is 0 Å². The van der Waals surface area contributed by atoms with Gasteiger partial charge in [0.05, 0.1) is 4.88 Å². The highest BCUT2D eigenvalue weighted by Crippen LogP contribution is 2.28. The van der Waals surface area contributed by atoms with E-state index in [0.29, 0.717) is 29.0 Å². The number of aliphatic carboxylic acids is 1. The van der Waals surface area contributed by atoms with Crippen LogP contribution in [-0.2, 0) is 9.59 Å². The number of thiophene rings is 1. The molecule has 192 valence electrons. The zero-order chi connectivity index (χ0) is 24.2. The molecule has 2 aromatic rings. The zero-order valence-corrected chi connectivity index (χ0v) is 22.1. The number of rotatable bonds is 7. The van der Waals surface area contributed by atoms with Gasteiger partial charge in [0.25, 0.3) is 5.91 Å². The number of fused-ring (bicyclic) bond motifs is 1. The van der Waals surface area contributed by atoms with Crippen LogP contribution in [0.5, 0.6) is 0 Å². The Morgan fingerprint density at radius 1 is 1.11 bits per heavy atom. The van der Waals surface area contributed by atoms with E-state index in [1.54, 1.807) is 23.1 Å². The number of carbonyl (C=O) groups is 3. The van der Waals surface area contributed by atoms with Gasteiger partial charge in [-0.15, -0.1) is 23.7 Å². The summed E-state index contributed by atoms with van der Waals surface area (Å²) in [5.41, 5.74) is 0. The summed E-state index contributed by atoms with van der Waals surface area (Å²) in [7, 11) is 2.15. The van der Waals surface area contributed by atoms with E-state index in [9.17, 15) is 14.4 Å². The molecule has 35 heavy (non-hydrogen) atoms. The minimum atomic E-state index is -0.990. The SMILES string of the molecule is CN1CCC(N2CCN(C(=O)[C@@H](CCC(=O)O)NC(=O)c3cc4ccc(Cl)cc4s3)CC2)CC1.Cl. The zero-order valence-electron chi connectivity index (χ0n) is 19.7. The number of nitrogens with zero attached hydrogens (tertiary/aromatic N) is 3. The van der Waals surface area contributed by atoms with Crippen LogP contribution in [0.3, 0.4) is 0 Å². The number of carboxylic acids is 1. The molecular formula is C24H32Cl2N4O4S. The lowest BCUT2D eigenvalue weighted by atomic mass is 10.0. The van der Waals surface area contributed by atoms with Gasteiger partial charge >= 0.3 is 5.97 Å². The fraction of sp³-hybridized carbons (Fsp3) is 0.542. The van der Waals surface area contributed by atoms with Crippen molar-refractivity contribution in [3.05, 3.63) is 34.2 Å². The van der Waals surface area contributed by atoms with E-state index < -0.39 is 12.0 Å². The van der Waals surface area contributed by atoms with Gasteiger partial charge in [-0.2, -0.15) is 0 Å². The number of piperidine rings is 1. The van der Waals surface area contributed by atoms with E-state index in [0.717, 1.165) is 49.1 Å². The molecule has 2 saturated heterocycles. The molecule has 2 fully saturated rings. The van der Waals surface area contributed by atoms with E-state index in [4.69, 9.17) is 16.7 Å². The highest BCUT2D eigenvalue weighted by Gasteiger charge is 2.32. The molecule has 0 spiro atoms. The Hall–Kier alpha value is -1.91. The van der Waals surface area contributed by atoms with E-state index in [1.165, 1.54) is 11.3 Å². The Kier molecular flexibility index (Phi) is 9.77. The Balaban J connectivity index is 0.00000342. The smallest absolute Gasteiger partial charge is 0.303 e. The van der Waals surface area contributed by atoms with Crippen molar-refractivity contribution < 1.29 is 19.5 Å². The standard InChI is InChI=1S/C24H31ClN4O4S.ClH/c1-27-8-6-18(7-9-27)28-10-12-29(13-11-28)24(33)19(4-5-22(30)31)26-23(32)21-14-16-2-3-17(25)15-20(16)34-21;/h2-3,14-15,18-19H,4-13H2,1H3,(H,26,32)(H,30,31);1H/t19-;/m1./s1. The summed E-state index contributed by atoms with van der Waals surface area (Å²) in [6.45, 7) is 4.97. The first-order valence-electron chi connectivity index (χ1n) is 11.7. The number of hydrogen-bond donors (Lipinski definition) is 2. The van der Waals surface area contributed by atoms with Crippen LogP contribution in [0.1, 0.15) is 35.4 Å². The van der Waals surface area contributed by atoms with Crippen LogP contribution in [0.15, 0.2) is 24.3 Å². The van der Waals surface area contributed by atoms with Crippen molar-refractivity contribution in [1.82, 2.24) is 20.0 Å². The molecule has 4 rings (SSSR count). The van der Waals surface area contributed by atoms with Gasteiger partial charge in [-0.1, -0.05) is 17.7 Å². The van der Waals surface area contributed by atoms with E-state index in [1.807, 2.05) is 6.07 Å². The second kappa shape index (κ2) is 12.4. The minimum absolute atomic E-state index is 0. The van der Waals surface area contributed by atoms with Crippen LogP contribution in [0.4, 0.5) is 0 Å². The van der Waals surface area contributed by atoms with Gasteiger partial charge in [-0.05, 0) is 63.0 Å². The Morgan fingerprint density at radius 3 is 2.46 bits per heavy atom. The maximum absolute atomic E-state index is 13.3. The van der Waals surface area contributed by atoms with Crippen LogP contribution >= 0.6 is 35.3 Å². The molecule has 8 nitrogen and oxygen atoms in total. The first kappa shape index (κ1) is 27.7. The van der Waals surface area contributed by atoms with E-state index in [-0.39, 0.29) is 37.1 Å². The molecule has 3 heterocycles. The van der Waals surface area contributed by atoms with Gasteiger partial charge in [0.2, 0.25) is 5.91 Å². The predicted octanol–water partition coefficient (Wildman–Crippen LogP) is 3.18. The summed E-state index contributed by atoms with van der Waals surface area (Å²) in [4.78, 5) is 44.5. The lowest BCUT2D eigenvalue weighted by Gasteiger charge is -2.42. The van der Waals surface area contributed by atoms with Gasteiger partial charge in [-0.25, -0.2) is 0 Å². The van der Waals surface area contributed by atoms with Crippen molar-refractivity contribution in [3.8, 4) is 0 Å². The van der Waals surface area contributed by atoms with Gasteiger partial charge in [0, 0.05) is 48.4 Å². The third kappa shape index (κ3) is 7.07. The third-order valence-corrected chi connectivity index (χ3v) is 8.12. The lowest BCUT2D eigenvalue weighted by molar-refractivity contribution is -0.138. The molecule has 0 aliphatic carbocycles. The Bertz CT molecular complexity index is 1050.